The minimum Gasteiger partial charge on any atom is -0.368 e. The van der Waals surface area contributed by atoms with Crippen LogP contribution < -0.4 is 5.73 Å². The Morgan fingerprint density at radius 2 is 2.29 bits per heavy atom. The molecule has 1 atom stereocenters. The number of carbonyl (C=O) groups excluding carboxylic acids is 1. The van der Waals surface area contributed by atoms with Gasteiger partial charge in [-0.2, -0.15) is 0 Å². The van der Waals surface area contributed by atoms with Crippen LogP contribution in [0.15, 0.2) is 22.7 Å². The number of hydrogen-bond donors (Lipinski definition) is 1. The fourth-order valence-electron chi connectivity index (χ4n) is 1.17. The predicted molar refractivity (Wildman–Crippen MR) is 61.4 cm³/mol. The molecule has 1 aromatic carbocycles. The van der Waals surface area contributed by atoms with Crippen molar-refractivity contribution in [2.45, 2.75) is 18.7 Å². The van der Waals surface area contributed by atoms with Crippen LogP contribution in [-0.2, 0) is 11.2 Å². The summed E-state index contributed by atoms with van der Waals surface area (Å²) < 4.78 is 1.02. The summed E-state index contributed by atoms with van der Waals surface area (Å²) in [6.45, 7) is 1.98. The molecule has 0 spiro atoms. The minimum absolute atomic E-state index is 0.474. The van der Waals surface area contributed by atoms with Crippen molar-refractivity contribution >= 4 is 33.4 Å². The summed E-state index contributed by atoms with van der Waals surface area (Å²) in [4.78, 5) is 10.8. The van der Waals surface area contributed by atoms with Crippen LogP contribution in [0.25, 0.3) is 0 Å². The van der Waals surface area contributed by atoms with Crippen LogP contribution in [0.5, 0.6) is 0 Å². The molecule has 4 heteroatoms. The standard InChI is InChI=1S/C10H11BrClNO/c1-6-7(3-2-4-8(6)11)5-9(12)10(13)14/h2-4,9H,5H2,1H3,(H2,13,14). The van der Waals surface area contributed by atoms with Gasteiger partial charge in [-0.3, -0.25) is 4.79 Å². The average Bonchev–Trinajstić information content (AvgIpc) is 2.12. The van der Waals surface area contributed by atoms with Gasteiger partial charge in [0.15, 0.2) is 0 Å². The first kappa shape index (κ1) is 11.5. The molecule has 0 aromatic heterocycles. The van der Waals surface area contributed by atoms with Gasteiger partial charge in [0, 0.05) is 4.47 Å². The molecule has 0 heterocycles. The molecular formula is C10H11BrClNO. The van der Waals surface area contributed by atoms with Crippen molar-refractivity contribution in [3.05, 3.63) is 33.8 Å². The van der Waals surface area contributed by atoms with E-state index in [0.29, 0.717) is 6.42 Å². The maximum absolute atomic E-state index is 10.8. The maximum atomic E-state index is 10.8. The lowest BCUT2D eigenvalue weighted by Gasteiger charge is -2.09. The highest BCUT2D eigenvalue weighted by Gasteiger charge is 2.13. The van der Waals surface area contributed by atoms with Crippen LogP contribution in [0.4, 0.5) is 0 Å². The normalized spacial score (nSPS) is 12.5. The molecule has 2 nitrogen and oxygen atoms in total. The molecule has 2 N–H and O–H groups in total. The molecule has 0 saturated heterocycles. The Labute approximate surface area is 96.6 Å². The van der Waals surface area contributed by atoms with Crippen LogP contribution >= 0.6 is 27.5 Å². The van der Waals surface area contributed by atoms with Gasteiger partial charge in [0.25, 0.3) is 0 Å². The summed E-state index contributed by atoms with van der Waals surface area (Å²) in [7, 11) is 0. The Bertz CT molecular complexity index is 354. The second-order valence-electron chi connectivity index (χ2n) is 3.10. The highest BCUT2D eigenvalue weighted by molar-refractivity contribution is 9.10. The van der Waals surface area contributed by atoms with Gasteiger partial charge in [-0.05, 0) is 30.5 Å². The van der Waals surface area contributed by atoms with Crippen LogP contribution in [0.2, 0.25) is 0 Å². The summed E-state index contributed by atoms with van der Waals surface area (Å²) >= 11 is 9.20. The second-order valence-corrected chi connectivity index (χ2v) is 4.48. The van der Waals surface area contributed by atoms with E-state index in [1.165, 1.54) is 0 Å². The van der Waals surface area contributed by atoms with Gasteiger partial charge < -0.3 is 5.73 Å². The van der Waals surface area contributed by atoms with Crippen molar-refractivity contribution in [2.24, 2.45) is 5.73 Å². The Hall–Kier alpha value is -0.540. The smallest absolute Gasteiger partial charge is 0.235 e. The molecule has 1 unspecified atom stereocenters. The van der Waals surface area contributed by atoms with Gasteiger partial charge in [0.2, 0.25) is 5.91 Å². The van der Waals surface area contributed by atoms with Gasteiger partial charge in [-0.15, -0.1) is 11.6 Å². The fourth-order valence-corrected chi connectivity index (χ4v) is 1.74. The van der Waals surface area contributed by atoms with E-state index in [1.54, 1.807) is 0 Å². The zero-order chi connectivity index (χ0) is 10.7. The van der Waals surface area contributed by atoms with E-state index in [-0.39, 0.29) is 0 Å². The van der Waals surface area contributed by atoms with Crippen LogP contribution in [0, 0.1) is 6.92 Å². The number of primary amides is 1. The SMILES string of the molecule is Cc1c(Br)cccc1CC(Cl)C(N)=O. The van der Waals surface area contributed by atoms with Crippen molar-refractivity contribution in [2.75, 3.05) is 0 Å². The first-order chi connectivity index (χ1) is 6.52. The quantitative estimate of drug-likeness (QED) is 0.847. The van der Waals surface area contributed by atoms with E-state index in [2.05, 4.69) is 15.9 Å². The van der Waals surface area contributed by atoms with E-state index < -0.39 is 11.3 Å². The molecule has 1 aromatic rings. The molecule has 0 aliphatic carbocycles. The summed E-state index contributed by atoms with van der Waals surface area (Å²) in [6, 6.07) is 5.81. The fraction of sp³-hybridized carbons (Fsp3) is 0.300. The van der Waals surface area contributed by atoms with Crippen molar-refractivity contribution in [3.8, 4) is 0 Å². The highest BCUT2D eigenvalue weighted by atomic mass is 79.9. The number of rotatable bonds is 3. The number of hydrogen-bond acceptors (Lipinski definition) is 1. The highest BCUT2D eigenvalue weighted by Crippen LogP contribution is 2.21. The molecular weight excluding hydrogens is 265 g/mol. The van der Waals surface area contributed by atoms with Gasteiger partial charge in [-0.25, -0.2) is 0 Å². The van der Waals surface area contributed by atoms with Crippen LogP contribution in [-0.4, -0.2) is 11.3 Å². The average molecular weight is 277 g/mol. The van der Waals surface area contributed by atoms with Crippen LogP contribution in [0.1, 0.15) is 11.1 Å². The third-order valence-electron chi connectivity index (χ3n) is 2.09. The number of carbonyl (C=O) groups is 1. The number of alkyl halides is 1. The number of benzene rings is 1. The summed E-state index contributed by atoms with van der Waals surface area (Å²) in [5.41, 5.74) is 7.23. The molecule has 1 amide bonds. The van der Waals surface area contributed by atoms with E-state index in [1.807, 2.05) is 25.1 Å². The molecule has 0 saturated carbocycles. The van der Waals surface area contributed by atoms with Gasteiger partial charge in [0.05, 0.1) is 0 Å². The Balaban J connectivity index is 2.87. The zero-order valence-corrected chi connectivity index (χ0v) is 10.1. The summed E-state index contributed by atoms with van der Waals surface area (Å²) in [5, 5.41) is -0.636. The van der Waals surface area contributed by atoms with Gasteiger partial charge in [0.1, 0.15) is 5.38 Å². The van der Waals surface area contributed by atoms with Crippen molar-refractivity contribution in [3.63, 3.8) is 0 Å². The van der Waals surface area contributed by atoms with Crippen LogP contribution in [0.3, 0.4) is 0 Å². The third kappa shape index (κ3) is 2.72. The second kappa shape index (κ2) is 4.80. The van der Waals surface area contributed by atoms with Crippen molar-refractivity contribution in [1.82, 2.24) is 0 Å². The predicted octanol–water partition coefficient (Wildman–Crippen LogP) is 2.39. The Morgan fingerprint density at radius 3 is 2.86 bits per heavy atom. The van der Waals surface area contributed by atoms with Gasteiger partial charge in [-0.1, -0.05) is 28.1 Å². The Kier molecular flexibility index (Phi) is 3.96. The van der Waals surface area contributed by atoms with E-state index >= 15 is 0 Å². The lowest BCUT2D eigenvalue weighted by atomic mass is 10.0. The number of nitrogens with two attached hydrogens (primary N) is 1. The lowest BCUT2D eigenvalue weighted by Crippen LogP contribution is -2.25. The van der Waals surface area contributed by atoms with E-state index in [9.17, 15) is 4.79 Å². The van der Waals surface area contributed by atoms with Gasteiger partial charge >= 0.3 is 0 Å². The first-order valence-corrected chi connectivity index (χ1v) is 5.42. The monoisotopic (exact) mass is 275 g/mol. The zero-order valence-electron chi connectivity index (χ0n) is 7.76. The van der Waals surface area contributed by atoms with Crippen molar-refractivity contribution < 1.29 is 4.79 Å². The maximum Gasteiger partial charge on any atom is 0.235 e. The Morgan fingerprint density at radius 1 is 1.64 bits per heavy atom. The molecule has 76 valence electrons. The summed E-state index contributed by atoms with van der Waals surface area (Å²) in [5.74, 6) is -0.481. The van der Waals surface area contributed by atoms with E-state index in [0.717, 1.165) is 15.6 Å². The number of halogens is 2. The van der Waals surface area contributed by atoms with E-state index in [4.69, 9.17) is 17.3 Å². The molecule has 0 aliphatic heterocycles. The third-order valence-corrected chi connectivity index (χ3v) is 3.32. The van der Waals surface area contributed by atoms with Crippen molar-refractivity contribution in [1.29, 1.82) is 0 Å². The first-order valence-electron chi connectivity index (χ1n) is 4.19. The minimum atomic E-state index is -0.636. The number of amides is 1. The molecule has 1 rings (SSSR count). The summed E-state index contributed by atoms with van der Waals surface area (Å²) in [6.07, 6.45) is 0.474. The topological polar surface area (TPSA) is 43.1 Å². The molecule has 0 bridgehead atoms. The molecule has 0 fully saturated rings. The lowest BCUT2D eigenvalue weighted by molar-refractivity contribution is -0.117. The molecule has 14 heavy (non-hydrogen) atoms. The molecule has 0 radical (unpaired) electrons. The molecule has 0 aliphatic rings. The largest absolute Gasteiger partial charge is 0.368 e.